The lowest BCUT2D eigenvalue weighted by atomic mass is 10.2. The van der Waals surface area contributed by atoms with Gasteiger partial charge in [0.05, 0.1) is 12.2 Å². The molecule has 0 fully saturated rings. The average Bonchev–Trinajstić information content (AvgIpc) is 2.84. The smallest absolute Gasteiger partial charge is 0.222 e. The van der Waals surface area contributed by atoms with E-state index in [4.69, 9.17) is 10.5 Å². The maximum absolute atomic E-state index is 11.9. The fraction of sp³-hybridized carbons (Fsp3) is 0.714. The zero-order chi connectivity index (χ0) is 15.1. The summed E-state index contributed by atoms with van der Waals surface area (Å²) in [5.41, 5.74) is 6.57. The first-order chi connectivity index (χ1) is 9.43. The van der Waals surface area contributed by atoms with Crippen molar-refractivity contribution in [1.29, 1.82) is 0 Å². The van der Waals surface area contributed by atoms with Crippen LogP contribution in [-0.2, 0) is 16.1 Å². The minimum Gasteiger partial charge on any atom is -0.372 e. The highest BCUT2D eigenvalue weighted by Crippen LogP contribution is 2.21. The van der Waals surface area contributed by atoms with Crippen molar-refractivity contribution in [3.8, 4) is 0 Å². The Hall–Kier alpha value is -0.980. The summed E-state index contributed by atoms with van der Waals surface area (Å²) in [6.45, 7) is 7.08. The molecule has 0 saturated heterocycles. The highest BCUT2D eigenvalue weighted by atomic mass is 32.1. The highest BCUT2D eigenvalue weighted by molar-refractivity contribution is 7.09. The Kier molecular flexibility index (Phi) is 7.12. The van der Waals surface area contributed by atoms with Crippen LogP contribution < -0.4 is 5.73 Å². The number of thiazole rings is 1. The van der Waals surface area contributed by atoms with Crippen LogP contribution in [0.15, 0.2) is 5.38 Å². The average molecular weight is 299 g/mol. The lowest BCUT2D eigenvalue weighted by Crippen LogP contribution is -2.28. The zero-order valence-electron chi connectivity index (χ0n) is 12.8. The topological polar surface area (TPSA) is 68.5 Å². The van der Waals surface area contributed by atoms with Crippen LogP contribution in [0.25, 0.3) is 0 Å². The van der Waals surface area contributed by atoms with E-state index < -0.39 is 0 Å². The molecule has 2 unspecified atom stereocenters. The van der Waals surface area contributed by atoms with Crippen LogP contribution in [0.3, 0.4) is 0 Å². The highest BCUT2D eigenvalue weighted by Gasteiger charge is 2.14. The Bertz CT molecular complexity index is 420. The second-order valence-corrected chi connectivity index (χ2v) is 5.93. The molecule has 1 rings (SSSR count). The van der Waals surface area contributed by atoms with E-state index in [-0.39, 0.29) is 18.1 Å². The minimum atomic E-state index is 0.0119. The van der Waals surface area contributed by atoms with Crippen molar-refractivity contribution in [2.24, 2.45) is 5.73 Å². The van der Waals surface area contributed by atoms with Crippen LogP contribution in [0.1, 0.15) is 50.4 Å². The van der Waals surface area contributed by atoms with E-state index in [1.807, 2.05) is 26.2 Å². The number of carbonyl (C=O) groups is 1. The summed E-state index contributed by atoms with van der Waals surface area (Å²) in [5, 5.41) is 2.94. The zero-order valence-corrected chi connectivity index (χ0v) is 13.6. The van der Waals surface area contributed by atoms with Crippen molar-refractivity contribution in [3.05, 3.63) is 16.1 Å². The van der Waals surface area contributed by atoms with Gasteiger partial charge in [0, 0.05) is 31.5 Å². The summed E-state index contributed by atoms with van der Waals surface area (Å²) in [6, 6.07) is 0.0604. The first-order valence-corrected chi connectivity index (χ1v) is 7.87. The molecule has 0 aliphatic rings. The van der Waals surface area contributed by atoms with E-state index in [1.165, 1.54) is 0 Å². The van der Waals surface area contributed by atoms with Crippen LogP contribution in [-0.4, -0.2) is 35.5 Å². The second kappa shape index (κ2) is 8.34. The standard InChI is InChI=1S/C14H25N3O2S/c1-5-19-11(3)14-16-12(9-20-14)8-17(4)13(18)7-6-10(2)15/h9-11H,5-8,15H2,1-4H3. The fourth-order valence-electron chi connectivity index (χ4n) is 1.78. The van der Waals surface area contributed by atoms with Crippen molar-refractivity contribution in [2.45, 2.75) is 52.3 Å². The Labute approximate surface area is 125 Å². The number of ether oxygens (including phenoxy) is 1. The second-order valence-electron chi connectivity index (χ2n) is 5.04. The first kappa shape index (κ1) is 17.1. The molecular weight excluding hydrogens is 274 g/mol. The molecule has 0 radical (unpaired) electrons. The summed E-state index contributed by atoms with van der Waals surface area (Å²) >= 11 is 1.58. The van der Waals surface area contributed by atoms with E-state index in [0.29, 0.717) is 26.0 Å². The van der Waals surface area contributed by atoms with Gasteiger partial charge in [0.15, 0.2) is 0 Å². The largest absolute Gasteiger partial charge is 0.372 e. The number of rotatable bonds is 8. The predicted molar refractivity (Wildman–Crippen MR) is 81.5 cm³/mol. The maximum atomic E-state index is 11.9. The molecule has 1 aromatic rings. The molecule has 0 aliphatic carbocycles. The quantitative estimate of drug-likeness (QED) is 0.800. The first-order valence-electron chi connectivity index (χ1n) is 6.99. The summed E-state index contributed by atoms with van der Waals surface area (Å²) in [6.07, 6.45) is 1.21. The summed E-state index contributed by atoms with van der Waals surface area (Å²) in [7, 11) is 1.80. The molecule has 6 heteroatoms. The molecule has 0 aromatic carbocycles. The number of nitrogens with two attached hydrogens (primary N) is 1. The Morgan fingerprint density at radius 3 is 2.85 bits per heavy atom. The van der Waals surface area contributed by atoms with E-state index in [1.54, 1.807) is 23.3 Å². The van der Waals surface area contributed by atoms with Gasteiger partial charge < -0.3 is 15.4 Å². The molecule has 2 N–H and O–H groups in total. The number of nitrogens with zero attached hydrogens (tertiary/aromatic N) is 2. The molecule has 1 heterocycles. The van der Waals surface area contributed by atoms with Crippen LogP contribution in [0.4, 0.5) is 0 Å². The minimum absolute atomic E-state index is 0.0119. The molecule has 0 bridgehead atoms. The monoisotopic (exact) mass is 299 g/mol. The van der Waals surface area contributed by atoms with Gasteiger partial charge in [-0.15, -0.1) is 11.3 Å². The van der Waals surface area contributed by atoms with Gasteiger partial charge in [-0.05, 0) is 27.2 Å². The number of carbonyl (C=O) groups excluding carboxylic acids is 1. The van der Waals surface area contributed by atoms with Crippen LogP contribution in [0.2, 0.25) is 0 Å². The summed E-state index contributed by atoms with van der Waals surface area (Å²) in [5.74, 6) is 0.106. The van der Waals surface area contributed by atoms with Gasteiger partial charge in [-0.1, -0.05) is 0 Å². The molecule has 1 amide bonds. The molecule has 114 valence electrons. The van der Waals surface area contributed by atoms with Crippen molar-refractivity contribution in [1.82, 2.24) is 9.88 Å². The van der Waals surface area contributed by atoms with Gasteiger partial charge in [-0.25, -0.2) is 4.98 Å². The van der Waals surface area contributed by atoms with Gasteiger partial charge in [0.25, 0.3) is 0 Å². The SMILES string of the molecule is CCOC(C)c1nc(CN(C)C(=O)CCC(C)N)cs1. The maximum Gasteiger partial charge on any atom is 0.222 e. The Balaban J connectivity index is 2.49. The third-order valence-corrected chi connectivity index (χ3v) is 4.03. The van der Waals surface area contributed by atoms with Gasteiger partial charge in [0.1, 0.15) is 11.1 Å². The molecule has 0 spiro atoms. The molecule has 2 atom stereocenters. The molecule has 1 aromatic heterocycles. The van der Waals surface area contributed by atoms with Crippen LogP contribution in [0.5, 0.6) is 0 Å². The normalized spacial score (nSPS) is 14.1. The number of hydrogen-bond donors (Lipinski definition) is 1. The van der Waals surface area contributed by atoms with E-state index in [9.17, 15) is 4.79 Å². The number of hydrogen-bond acceptors (Lipinski definition) is 5. The van der Waals surface area contributed by atoms with Gasteiger partial charge >= 0.3 is 0 Å². The van der Waals surface area contributed by atoms with E-state index in [2.05, 4.69) is 4.98 Å². The van der Waals surface area contributed by atoms with Gasteiger partial charge in [0.2, 0.25) is 5.91 Å². The van der Waals surface area contributed by atoms with E-state index in [0.717, 1.165) is 10.7 Å². The van der Waals surface area contributed by atoms with Crippen molar-refractivity contribution in [3.63, 3.8) is 0 Å². The number of aromatic nitrogens is 1. The van der Waals surface area contributed by atoms with Crippen molar-refractivity contribution >= 4 is 17.2 Å². The van der Waals surface area contributed by atoms with Gasteiger partial charge in [-0.2, -0.15) is 0 Å². The molecule has 0 saturated carbocycles. The lowest BCUT2D eigenvalue weighted by molar-refractivity contribution is -0.130. The summed E-state index contributed by atoms with van der Waals surface area (Å²) < 4.78 is 5.51. The summed E-state index contributed by atoms with van der Waals surface area (Å²) in [4.78, 5) is 18.1. The molecule has 0 aliphatic heterocycles. The third kappa shape index (κ3) is 5.56. The number of amides is 1. The van der Waals surface area contributed by atoms with Crippen molar-refractivity contribution < 1.29 is 9.53 Å². The van der Waals surface area contributed by atoms with E-state index >= 15 is 0 Å². The van der Waals surface area contributed by atoms with Gasteiger partial charge in [-0.3, -0.25) is 4.79 Å². The Morgan fingerprint density at radius 2 is 2.25 bits per heavy atom. The Morgan fingerprint density at radius 1 is 1.55 bits per heavy atom. The predicted octanol–water partition coefficient (Wildman–Crippen LogP) is 2.33. The third-order valence-electron chi connectivity index (χ3n) is 2.97. The molecule has 5 nitrogen and oxygen atoms in total. The lowest BCUT2D eigenvalue weighted by Gasteiger charge is -2.16. The van der Waals surface area contributed by atoms with Crippen LogP contribution >= 0.6 is 11.3 Å². The van der Waals surface area contributed by atoms with Crippen LogP contribution in [0, 0.1) is 0 Å². The van der Waals surface area contributed by atoms with Crippen molar-refractivity contribution in [2.75, 3.05) is 13.7 Å². The molecule has 20 heavy (non-hydrogen) atoms. The molecular formula is C14H25N3O2S. The fourth-order valence-corrected chi connectivity index (χ4v) is 2.59.